The SMILES string of the molecule is O=C1CCC1CN1CCCCC1. The molecular formula is C10H17NO. The van der Waals surface area contributed by atoms with Crippen molar-refractivity contribution < 1.29 is 4.79 Å². The molecule has 0 spiro atoms. The Labute approximate surface area is 73.9 Å². The van der Waals surface area contributed by atoms with Gasteiger partial charge in [-0.3, -0.25) is 4.79 Å². The maximum Gasteiger partial charge on any atom is 0.137 e. The Morgan fingerprint density at radius 1 is 1.25 bits per heavy atom. The molecule has 2 aliphatic rings. The van der Waals surface area contributed by atoms with Gasteiger partial charge in [-0.2, -0.15) is 0 Å². The van der Waals surface area contributed by atoms with Gasteiger partial charge in [-0.15, -0.1) is 0 Å². The Morgan fingerprint density at radius 3 is 2.50 bits per heavy atom. The van der Waals surface area contributed by atoms with Crippen LogP contribution in [0, 0.1) is 5.92 Å². The zero-order valence-corrected chi connectivity index (χ0v) is 7.59. The lowest BCUT2D eigenvalue weighted by Gasteiger charge is -2.33. The van der Waals surface area contributed by atoms with Crippen LogP contribution in [0.5, 0.6) is 0 Å². The number of rotatable bonds is 2. The fraction of sp³-hybridized carbons (Fsp3) is 0.900. The number of ketones is 1. The van der Waals surface area contributed by atoms with Crippen LogP contribution in [0.15, 0.2) is 0 Å². The maximum absolute atomic E-state index is 11.1. The highest BCUT2D eigenvalue weighted by Crippen LogP contribution is 2.24. The van der Waals surface area contributed by atoms with E-state index in [0.29, 0.717) is 11.7 Å². The molecule has 0 N–H and O–H groups in total. The van der Waals surface area contributed by atoms with Gasteiger partial charge in [0.05, 0.1) is 0 Å². The topological polar surface area (TPSA) is 20.3 Å². The van der Waals surface area contributed by atoms with Crippen LogP contribution in [0.4, 0.5) is 0 Å². The van der Waals surface area contributed by atoms with Crippen molar-refractivity contribution >= 4 is 5.78 Å². The van der Waals surface area contributed by atoms with Crippen LogP contribution in [0.2, 0.25) is 0 Å². The van der Waals surface area contributed by atoms with Gasteiger partial charge in [-0.1, -0.05) is 6.42 Å². The fourth-order valence-electron chi connectivity index (χ4n) is 2.11. The Hall–Kier alpha value is -0.370. The Bertz CT molecular complexity index is 173. The first-order chi connectivity index (χ1) is 5.86. The highest BCUT2D eigenvalue weighted by Gasteiger charge is 2.29. The summed E-state index contributed by atoms with van der Waals surface area (Å²) in [4.78, 5) is 13.5. The first kappa shape index (κ1) is 8.24. The first-order valence-electron chi connectivity index (χ1n) is 5.11. The Morgan fingerprint density at radius 2 is 2.00 bits per heavy atom. The summed E-state index contributed by atoms with van der Waals surface area (Å²) < 4.78 is 0. The highest BCUT2D eigenvalue weighted by atomic mass is 16.1. The van der Waals surface area contributed by atoms with Crippen LogP contribution in [0.25, 0.3) is 0 Å². The molecule has 1 unspecified atom stereocenters. The van der Waals surface area contributed by atoms with E-state index in [9.17, 15) is 4.79 Å². The molecule has 2 heteroatoms. The highest BCUT2D eigenvalue weighted by molar-refractivity contribution is 5.86. The normalized spacial score (nSPS) is 31.7. The minimum atomic E-state index is 0.406. The van der Waals surface area contributed by atoms with Crippen molar-refractivity contribution in [3.63, 3.8) is 0 Å². The van der Waals surface area contributed by atoms with Gasteiger partial charge in [-0.05, 0) is 32.4 Å². The molecule has 0 aromatic carbocycles. The number of hydrogen-bond donors (Lipinski definition) is 0. The average Bonchev–Trinajstić information content (AvgIpc) is 2.14. The van der Waals surface area contributed by atoms with Crippen molar-refractivity contribution in [3.8, 4) is 0 Å². The summed E-state index contributed by atoms with van der Waals surface area (Å²) in [6.45, 7) is 3.51. The van der Waals surface area contributed by atoms with E-state index in [1.165, 1.54) is 32.4 Å². The fourth-order valence-corrected chi connectivity index (χ4v) is 2.11. The molecule has 1 heterocycles. The van der Waals surface area contributed by atoms with Crippen LogP contribution in [0.1, 0.15) is 32.1 Å². The molecule has 12 heavy (non-hydrogen) atoms. The second-order valence-electron chi connectivity index (χ2n) is 4.06. The van der Waals surface area contributed by atoms with Crippen molar-refractivity contribution in [2.45, 2.75) is 32.1 Å². The molecular weight excluding hydrogens is 150 g/mol. The lowest BCUT2D eigenvalue weighted by Crippen LogP contribution is -2.40. The third kappa shape index (κ3) is 1.69. The number of piperidine rings is 1. The van der Waals surface area contributed by atoms with Gasteiger partial charge in [-0.25, -0.2) is 0 Å². The van der Waals surface area contributed by atoms with Gasteiger partial charge < -0.3 is 4.90 Å². The van der Waals surface area contributed by atoms with Crippen molar-refractivity contribution in [1.29, 1.82) is 0 Å². The maximum atomic E-state index is 11.1. The van der Waals surface area contributed by atoms with Crippen molar-refractivity contribution in [2.75, 3.05) is 19.6 Å². The number of Topliss-reactive ketones (excluding diaryl/α,β-unsaturated/α-hetero) is 1. The van der Waals surface area contributed by atoms with E-state index in [2.05, 4.69) is 4.90 Å². The molecule has 0 radical (unpaired) electrons. The Kier molecular flexibility index (Phi) is 2.45. The molecule has 0 aromatic rings. The molecule has 1 aliphatic heterocycles. The summed E-state index contributed by atoms with van der Waals surface area (Å²) in [6.07, 6.45) is 6.05. The van der Waals surface area contributed by atoms with Crippen molar-refractivity contribution in [3.05, 3.63) is 0 Å². The number of hydrogen-bond acceptors (Lipinski definition) is 2. The standard InChI is InChI=1S/C10H17NO/c12-10-5-4-9(10)8-11-6-2-1-3-7-11/h9H,1-8H2. The largest absolute Gasteiger partial charge is 0.303 e. The summed E-state index contributed by atoms with van der Waals surface area (Å²) in [6, 6.07) is 0. The summed E-state index contributed by atoms with van der Waals surface area (Å²) in [5.41, 5.74) is 0. The van der Waals surface area contributed by atoms with Crippen LogP contribution in [0.3, 0.4) is 0 Å². The molecule has 1 saturated heterocycles. The van der Waals surface area contributed by atoms with Crippen LogP contribution in [-0.4, -0.2) is 30.3 Å². The molecule has 2 fully saturated rings. The molecule has 1 aliphatic carbocycles. The summed E-state index contributed by atoms with van der Waals surface area (Å²) in [5, 5.41) is 0. The van der Waals surface area contributed by atoms with Crippen LogP contribution < -0.4 is 0 Å². The lowest BCUT2D eigenvalue weighted by molar-refractivity contribution is -0.130. The smallest absolute Gasteiger partial charge is 0.137 e. The van der Waals surface area contributed by atoms with Crippen LogP contribution in [-0.2, 0) is 4.79 Å². The Balaban J connectivity index is 1.74. The van der Waals surface area contributed by atoms with Gasteiger partial charge in [0, 0.05) is 18.9 Å². The van der Waals surface area contributed by atoms with E-state index in [-0.39, 0.29) is 0 Å². The predicted molar refractivity (Wildman–Crippen MR) is 48.0 cm³/mol. The van der Waals surface area contributed by atoms with E-state index in [1.807, 2.05) is 0 Å². The molecule has 2 rings (SSSR count). The van der Waals surface area contributed by atoms with Gasteiger partial charge in [0.1, 0.15) is 5.78 Å². The lowest BCUT2D eigenvalue weighted by atomic mass is 9.83. The van der Waals surface area contributed by atoms with Crippen molar-refractivity contribution in [1.82, 2.24) is 4.90 Å². The van der Waals surface area contributed by atoms with E-state index >= 15 is 0 Å². The first-order valence-corrected chi connectivity index (χ1v) is 5.11. The van der Waals surface area contributed by atoms with Gasteiger partial charge in [0.15, 0.2) is 0 Å². The zero-order chi connectivity index (χ0) is 8.39. The number of nitrogens with zero attached hydrogens (tertiary/aromatic N) is 1. The monoisotopic (exact) mass is 167 g/mol. The van der Waals surface area contributed by atoms with E-state index in [1.54, 1.807) is 0 Å². The molecule has 0 amide bonds. The summed E-state index contributed by atoms with van der Waals surface area (Å²) >= 11 is 0. The number of likely N-dealkylation sites (tertiary alicyclic amines) is 1. The van der Waals surface area contributed by atoms with E-state index < -0.39 is 0 Å². The third-order valence-corrected chi connectivity index (χ3v) is 3.12. The molecule has 0 bridgehead atoms. The minimum Gasteiger partial charge on any atom is -0.303 e. The quantitative estimate of drug-likeness (QED) is 0.620. The molecule has 1 atom stereocenters. The molecule has 1 saturated carbocycles. The van der Waals surface area contributed by atoms with E-state index in [0.717, 1.165) is 19.4 Å². The van der Waals surface area contributed by atoms with Gasteiger partial charge in [0.25, 0.3) is 0 Å². The van der Waals surface area contributed by atoms with Crippen molar-refractivity contribution in [2.24, 2.45) is 5.92 Å². The summed E-state index contributed by atoms with van der Waals surface area (Å²) in [5.74, 6) is 0.906. The number of carbonyl (C=O) groups excluding carboxylic acids is 1. The second-order valence-corrected chi connectivity index (χ2v) is 4.06. The second kappa shape index (κ2) is 3.56. The zero-order valence-electron chi connectivity index (χ0n) is 7.59. The predicted octanol–water partition coefficient (Wildman–Crippen LogP) is 1.45. The minimum absolute atomic E-state index is 0.406. The molecule has 2 nitrogen and oxygen atoms in total. The average molecular weight is 167 g/mol. The number of carbonyl (C=O) groups is 1. The van der Waals surface area contributed by atoms with Gasteiger partial charge >= 0.3 is 0 Å². The van der Waals surface area contributed by atoms with Gasteiger partial charge in [0.2, 0.25) is 0 Å². The van der Waals surface area contributed by atoms with Crippen LogP contribution >= 0.6 is 0 Å². The molecule has 68 valence electrons. The third-order valence-electron chi connectivity index (χ3n) is 3.12. The molecule has 0 aromatic heterocycles. The summed E-state index contributed by atoms with van der Waals surface area (Å²) in [7, 11) is 0. The van der Waals surface area contributed by atoms with E-state index in [4.69, 9.17) is 0 Å².